The molecule has 1 aliphatic rings. The van der Waals surface area contributed by atoms with E-state index in [1.807, 2.05) is 85.8 Å². The highest BCUT2D eigenvalue weighted by Crippen LogP contribution is 2.54. The highest BCUT2D eigenvalue weighted by molar-refractivity contribution is 7.49. The fourth-order valence-electron chi connectivity index (χ4n) is 7.50. The number of H-pyrrole nitrogens is 1. The third-order valence-electron chi connectivity index (χ3n) is 10.8. The van der Waals surface area contributed by atoms with Crippen LogP contribution in [0.2, 0.25) is 0 Å². The van der Waals surface area contributed by atoms with Crippen molar-refractivity contribution < 1.29 is 46.6 Å². The Balaban J connectivity index is 1.18. The number of ether oxygens (including phenoxy) is 5. The van der Waals surface area contributed by atoms with Crippen LogP contribution in [0.3, 0.4) is 0 Å². The number of carbonyl (C=O) groups is 1. The van der Waals surface area contributed by atoms with E-state index in [4.69, 9.17) is 37.3 Å². The maximum atomic E-state index is 14.8. The van der Waals surface area contributed by atoms with Gasteiger partial charge in [0.25, 0.3) is 5.56 Å². The van der Waals surface area contributed by atoms with Gasteiger partial charge in [-0.2, -0.15) is 0 Å². The highest BCUT2D eigenvalue weighted by Gasteiger charge is 2.52. The molecule has 1 aliphatic heterocycles. The van der Waals surface area contributed by atoms with Crippen LogP contribution in [0.25, 0.3) is 0 Å². The normalized spacial score (nSPS) is 18.2. The number of carbonyl (C=O) groups excluding carboxylic acids is 1. The summed E-state index contributed by atoms with van der Waals surface area (Å²) in [6.45, 7) is 3.93. The smallest absolute Gasteiger partial charge is 0.497 e. The Hall–Kier alpha value is -6.28. The number of nitrogens with one attached hydrogen (secondary N) is 1. The predicted octanol–water partition coefficient (Wildman–Crippen LogP) is 8.98. The standard InChI is InChI=1S/C49H51N2O12P/c1-5-7-32-59-64(55,63-44-42(6-2)60-46(51-31-30-43(52)50-48(51)54)45(44)61-47(53)35-14-10-8-11-15-35)62-41-24-18-34(19-25-41)33-58-49(36-16-12-9-13-17-36,37-20-26-39(56-3)27-21-37)38-22-28-40(57-4)29-23-38/h8-31,42,44-46H,5-7,32-33H2,1-4H3,(H,50,52,54)/t42-,44+,45?,46-,64?/m1/s1. The van der Waals surface area contributed by atoms with Crippen molar-refractivity contribution >= 4 is 13.8 Å². The van der Waals surface area contributed by atoms with Crippen LogP contribution in [0.5, 0.6) is 17.2 Å². The number of rotatable bonds is 20. The topological polar surface area (TPSA) is 163 Å². The monoisotopic (exact) mass is 890 g/mol. The first-order chi connectivity index (χ1) is 31.1. The fraction of sp³-hybridized carbons (Fsp3) is 0.286. The van der Waals surface area contributed by atoms with Crippen molar-refractivity contribution in [3.05, 3.63) is 194 Å². The SMILES string of the molecule is CCCCOP(=O)(Oc1ccc(COC(c2ccccc2)(c2ccc(OC)cc2)c2ccc(OC)cc2)cc1)O[C@@H]1C(OC(=O)c2ccccc2)[C@H](n2ccc(=O)[nH]c2=O)O[C@@H]1CC. The van der Waals surface area contributed by atoms with Gasteiger partial charge in [-0.3, -0.25) is 23.4 Å². The third-order valence-corrected chi connectivity index (χ3v) is 12.3. The molecule has 1 saturated heterocycles. The molecule has 0 spiro atoms. The maximum Gasteiger partial charge on any atom is 0.530 e. The first-order valence-corrected chi connectivity index (χ1v) is 22.5. The number of unbranched alkanes of at least 4 members (excludes halogenated alkanes) is 1. The zero-order valence-corrected chi connectivity index (χ0v) is 36.9. The van der Waals surface area contributed by atoms with Gasteiger partial charge < -0.3 is 28.2 Å². The number of hydrogen-bond acceptors (Lipinski definition) is 12. The molecule has 2 unspecified atom stereocenters. The van der Waals surface area contributed by atoms with Gasteiger partial charge in [-0.05, 0) is 83.6 Å². The van der Waals surface area contributed by atoms with E-state index in [1.54, 1.807) is 75.7 Å². The molecule has 1 N–H and O–H groups in total. The summed E-state index contributed by atoms with van der Waals surface area (Å²) in [5.41, 5.74) is 1.15. The van der Waals surface area contributed by atoms with E-state index >= 15 is 0 Å². The number of phosphoric ester groups is 1. The van der Waals surface area contributed by atoms with Crippen LogP contribution in [0.1, 0.15) is 71.9 Å². The van der Waals surface area contributed by atoms with Crippen LogP contribution in [-0.4, -0.2) is 54.7 Å². The molecule has 0 radical (unpaired) electrons. The van der Waals surface area contributed by atoms with E-state index in [-0.39, 0.29) is 24.5 Å². The van der Waals surface area contributed by atoms with E-state index in [9.17, 15) is 18.9 Å². The van der Waals surface area contributed by atoms with Gasteiger partial charge in [-0.15, -0.1) is 0 Å². The molecular formula is C49H51N2O12P. The highest BCUT2D eigenvalue weighted by atomic mass is 31.2. The van der Waals surface area contributed by atoms with Crippen molar-refractivity contribution in [3.63, 3.8) is 0 Å². The van der Waals surface area contributed by atoms with E-state index in [1.165, 1.54) is 6.20 Å². The Bertz CT molecular complexity index is 2560. The van der Waals surface area contributed by atoms with Gasteiger partial charge in [0, 0.05) is 12.3 Å². The lowest BCUT2D eigenvalue weighted by atomic mass is 9.80. The molecule has 2 heterocycles. The Morgan fingerprint density at radius 1 is 0.734 bits per heavy atom. The second kappa shape index (κ2) is 20.9. The molecule has 0 amide bonds. The van der Waals surface area contributed by atoms with Crippen LogP contribution in [0, 0.1) is 0 Å². The summed E-state index contributed by atoms with van der Waals surface area (Å²) in [5.74, 6) is 0.836. The number of nitrogens with zero attached hydrogens (tertiary/aromatic N) is 1. The molecule has 5 atom stereocenters. The molecule has 6 aromatic rings. The summed E-state index contributed by atoms with van der Waals surface area (Å²) in [7, 11) is -1.28. The van der Waals surface area contributed by atoms with Gasteiger partial charge >= 0.3 is 19.5 Å². The molecule has 15 heteroatoms. The van der Waals surface area contributed by atoms with E-state index in [2.05, 4.69) is 4.98 Å². The predicted molar refractivity (Wildman–Crippen MR) is 239 cm³/mol. The van der Waals surface area contributed by atoms with Crippen molar-refractivity contribution in [1.29, 1.82) is 0 Å². The zero-order valence-electron chi connectivity index (χ0n) is 36.0. The third kappa shape index (κ3) is 10.4. The molecule has 14 nitrogen and oxygen atoms in total. The van der Waals surface area contributed by atoms with Crippen molar-refractivity contribution in [1.82, 2.24) is 9.55 Å². The molecule has 0 bridgehead atoms. The van der Waals surface area contributed by atoms with Gasteiger partial charge in [-0.25, -0.2) is 14.2 Å². The summed E-state index contributed by atoms with van der Waals surface area (Å²) >= 11 is 0. The molecule has 0 aliphatic carbocycles. The summed E-state index contributed by atoms with van der Waals surface area (Å²) in [5, 5.41) is 0. The van der Waals surface area contributed by atoms with Crippen molar-refractivity contribution in [3.8, 4) is 17.2 Å². The molecule has 1 aromatic heterocycles. The van der Waals surface area contributed by atoms with Gasteiger partial charge in [0.1, 0.15) is 29.0 Å². The van der Waals surface area contributed by atoms with E-state index in [0.29, 0.717) is 24.3 Å². The first-order valence-electron chi connectivity index (χ1n) is 21.0. The molecule has 1 fully saturated rings. The van der Waals surface area contributed by atoms with Gasteiger partial charge in [-0.1, -0.05) is 105 Å². The number of hydrogen-bond donors (Lipinski definition) is 1. The van der Waals surface area contributed by atoms with Crippen LogP contribution >= 0.6 is 7.82 Å². The largest absolute Gasteiger partial charge is 0.530 e. The lowest BCUT2D eigenvalue weighted by Crippen LogP contribution is -2.41. The van der Waals surface area contributed by atoms with Crippen molar-refractivity contribution in [2.75, 3.05) is 20.8 Å². The van der Waals surface area contributed by atoms with Gasteiger partial charge in [0.05, 0.1) is 39.1 Å². The summed E-state index contributed by atoms with van der Waals surface area (Å²) in [6.07, 6.45) is -1.92. The van der Waals surface area contributed by atoms with Crippen molar-refractivity contribution in [2.45, 2.75) is 69.9 Å². The minimum absolute atomic E-state index is 0.0274. The minimum Gasteiger partial charge on any atom is -0.497 e. The fourth-order valence-corrected chi connectivity index (χ4v) is 8.94. The van der Waals surface area contributed by atoms with E-state index < -0.39 is 55.2 Å². The molecule has 5 aromatic carbocycles. The molecule has 7 rings (SSSR count). The number of benzene rings is 5. The average molecular weight is 891 g/mol. The number of methoxy groups -OCH3 is 2. The number of esters is 1. The van der Waals surface area contributed by atoms with Crippen molar-refractivity contribution in [2.24, 2.45) is 0 Å². The lowest BCUT2D eigenvalue weighted by Gasteiger charge is -2.36. The van der Waals surface area contributed by atoms with Gasteiger partial charge in [0.2, 0.25) is 0 Å². The Kier molecular flexibility index (Phi) is 15.0. The van der Waals surface area contributed by atoms with Crippen LogP contribution in [-0.2, 0) is 40.0 Å². The lowest BCUT2D eigenvalue weighted by molar-refractivity contribution is -0.0518. The first kappa shape index (κ1) is 45.7. The number of phosphoric acid groups is 1. The molecule has 64 heavy (non-hydrogen) atoms. The van der Waals surface area contributed by atoms with Gasteiger partial charge in [0.15, 0.2) is 12.3 Å². The number of aromatic amines is 1. The zero-order chi connectivity index (χ0) is 45.1. The van der Waals surface area contributed by atoms with E-state index in [0.717, 1.165) is 39.3 Å². The maximum absolute atomic E-state index is 14.8. The Labute approximate surface area is 371 Å². The molecule has 0 saturated carbocycles. The van der Waals surface area contributed by atoms with Crippen LogP contribution in [0.15, 0.2) is 155 Å². The van der Waals surface area contributed by atoms with Crippen LogP contribution < -0.4 is 25.2 Å². The molecule has 334 valence electrons. The summed E-state index contributed by atoms with van der Waals surface area (Å²) in [6, 6.07) is 41.7. The summed E-state index contributed by atoms with van der Waals surface area (Å²) < 4.78 is 64.5. The number of aromatic nitrogens is 2. The second-order valence-corrected chi connectivity index (χ2v) is 16.5. The Morgan fingerprint density at radius 2 is 1.31 bits per heavy atom. The van der Waals surface area contributed by atoms with Crippen LogP contribution in [0.4, 0.5) is 0 Å². The molecular weight excluding hydrogens is 840 g/mol. The minimum atomic E-state index is -4.52. The Morgan fingerprint density at radius 3 is 1.88 bits per heavy atom. The second-order valence-electron chi connectivity index (χ2n) is 15.0. The quantitative estimate of drug-likeness (QED) is 0.0336. The summed E-state index contributed by atoms with van der Waals surface area (Å²) in [4.78, 5) is 40.8. The average Bonchev–Trinajstić information content (AvgIpc) is 3.65.